The number of nitrogens with zero attached hydrogens (tertiary/aromatic N) is 2. The number of ether oxygens (including phenoxy) is 3. The molecule has 3 aliphatic carbocycles. The maximum absolute atomic E-state index is 14.6. The fourth-order valence-electron chi connectivity index (χ4n) is 8.04. The molecule has 230 valence electrons. The van der Waals surface area contributed by atoms with Gasteiger partial charge in [0.25, 0.3) is 0 Å². The van der Waals surface area contributed by atoms with Crippen LogP contribution in [0.1, 0.15) is 34.6 Å². The molecular formula is C33H33BrN2O8. The van der Waals surface area contributed by atoms with Gasteiger partial charge in [0.15, 0.2) is 0 Å². The van der Waals surface area contributed by atoms with Gasteiger partial charge in [-0.3, -0.25) is 19.2 Å². The Hall–Kier alpha value is -3.99. The first-order valence-electron chi connectivity index (χ1n) is 14.8. The first kappa shape index (κ1) is 30.1. The largest absolute Gasteiger partial charge is 0.492 e. The number of alkyl halides is 1. The minimum atomic E-state index is -1.55. The van der Waals surface area contributed by atoms with Crippen molar-refractivity contribution in [1.82, 2.24) is 0 Å². The Bertz CT molecular complexity index is 1560. The molecule has 44 heavy (non-hydrogen) atoms. The van der Waals surface area contributed by atoms with Crippen molar-refractivity contribution < 1.29 is 38.2 Å². The van der Waals surface area contributed by atoms with E-state index in [1.54, 1.807) is 83.1 Å². The summed E-state index contributed by atoms with van der Waals surface area (Å²) in [6, 6.07) is 13.5. The van der Waals surface area contributed by atoms with Gasteiger partial charge in [0.05, 0.1) is 59.2 Å². The lowest BCUT2D eigenvalue weighted by molar-refractivity contribution is -0.152. The first-order valence-corrected chi connectivity index (χ1v) is 15.6. The quantitative estimate of drug-likeness (QED) is 0.231. The standard InChI is InChI=1S/C33H33BrN2O8/c1-6-42-20-15-11-9-13-18(20)35-27(37)23-25(29(35)39)33(34)17(4)22(31(41)44-8-3)32(23,5)24-26(33)30(40)36(28(24)38)19-14-10-12-16-21(19)43-7-2/h9-16,23-26H,6-8H2,1-5H3/t23-,24+,25-,26-,32?,33?/m0/s1. The smallest absolute Gasteiger partial charge is 0.334 e. The van der Waals surface area contributed by atoms with E-state index >= 15 is 0 Å². The lowest BCUT2D eigenvalue weighted by atomic mass is 9.43. The Kier molecular flexibility index (Phi) is 7.22. The molecule has 2 saturated heterocycles. The molecule has 11 heteroatoms. The minimum absolute atomic E-state index is 0.0602. The van der Waals surface area contributed by atoms with E-state index in [-0.39, 0.29) is 23.6 Å². The van der Waals surface area contributed by atoms with Gasteiger partial charge in [-0.15, -0.1) is 0 Å². The van der Waals surface area contributed by atoms with Crippen molar-refractivity contribution in [2.45, 2.75) is 38.9 Å². The summed E-state index contributed by atoms with van der Waals surface area (Å²) in [4.78, 5) is 74.1. The van der Waals surface area contributed by atoms with Crippen LogP contribution in [-0.2, 0) is 28.7 Å². The van der Waals surface area contributed by atoms with Gasteiger partial charge in [-0.05, 0) is 57.5 Å². The summed E-state index contributed by atoms with van der Waals surface area (Å²) in [5.74, 6) is -6.68. The number of carbonyl (C=O) groups excluding carboxylic acids is 5. The number of hydrogen-bond acceptors (Lipinski definition) is 8. The van der Waals surface area contributed by atoms with Crippen molar-refractivity contribution in [2.24, 2.45) is 29.1 Å². The molecule has 0 aromatic heterocycles. The predicted molar refractivity (Wildman–Crippen MR) is 163 cm³/mol. The molecule has 2 aromatic carbocycles. The summed E-state index contributed by atoms with van der Waals surface area (Å²) < 4.78 is 15.5. The number of halogens is 1. The molecule has 5 aliphatic rings. The zero-order chi connectivity index (χ0) is 31.7. The number of carbonyl (C=O) groups is 5. The monoisotopic (exact) mass is 664 g/mol. The second-order valence-corrected chi connectivity index (χ2v) is 12.8. The maximum atomic E-state index is 14.6. The zero-order valence-corrected chi connectivity index (χ0v) is 26.7. The highest BCUT2D eigenvalue weighted by Gasteiger charge is 2.82. The summed E-state index contributed by atoms with van der Waals surface area (Å²) in [6.45, 7) is 9.26. The number of allylic oxidation sites excluding steroid dienone is 1. The second-order valence-electron chi connectivity index (χ2n) is 11.5. The number of rotatable bonds is 8. The molecule has 2 bridgehead atoms. The molecule has 2 aliphatic heterocycles. The van der Waals surface area contributed by atoms with E-state index in [1.165, 1.54) is 0 Å². The number of benzene rings is 2. The van der Waals surface area contributed by atoms with Crippen molar-refractivity contribution >= 4 is 56.9 Å². The fourth-order valence-corrected chi connectivity index (χ4v) is 9.16. The predicted octanol–water partition coefficient (Wildman–Crippen LogP) is 4.44. The fraction of sp³-hybridized carbons (Fsp3) is 0.424. The van der Waals surface area contributed by atoms with Crippen molar-refractivity contribution in [3.05, 3.63) is 59.7 Å². The Morgan fingerprint density at radius 1 is 0.727 bits per heavy atom. The van der Waals surface area contributed by atoms with Crippen LogP contribution in [0.25, 0.3) is 0 Å². The van der Waals surface area contributed by atoms with E-state index < -0.39 is 63.0 Å². The number of imide groups is 2. The van der Waals surface area contributed by atoms with E-state index in [2.05, 4.69) is 15.9 Å². The van der Waals surface area contributed by atoms with Crippen LogP contribution in [0.15, 0.2) is 59.7 Å². The third-order valence-electron chi connectivity index (χ3n) is 9.59. The molecule has 0 radical (unpaired) electrons. The summed E-state index contributed by atoms with van der Waals surface area (Å²) in [7, 11) is 0. The van der Waals surface area contributed by atoms with Crippen LogP contribution in [0.2, 0.25) is 0 Å². The molecule has 1 saturated carbocycles. The molecule has 10 nitrogen and oxygen atoms in total. The summed E-state index contributed by atoms with van der Waals surface area (Å²) >= 11 is 3.80. The van der Waals surface area contributed by atoms with E-state index in [0.29, 0.717) is 30.3 Å². The molecule has 2 unspecified atom stereocenters. The van der Waals surface area contributed by atoms with E-state index in [9.17, 15) is 24.0 Å². The molecule has 7 rings (SSSR count). The van der Waals surface area contributed by atoms with E-state index in [0.717, 1.165) is 9.80 Å². The Morgan fingerprint density at radius 2 is 1.14 bits per heavy atom. The van der Waals surface area contributed by atoms with Crippen LogP contribution < -0.4 is 19.3 Å². The van der Waals surface area contributed by atoms with E-state index in [4.69, 9.17) is 14.2 Å². The van der Waals surface area contributed by atoms with Crippen LogP contribution in [0.4, 0.5) is 11.4 Å². The normalized spacial score (nSPS) is 30.6. The second kappa shape index (κ2) is 10.6. The Balaban J connectivity index is 1.58. The molecule has 2 aromatic rings. The van der Waals surface area contributed by atoms with Gasteiger partial charge in [0.1, 0.15) is 11.5 Å². The highest BCUT2D eigenvalue weighted by molar-refractivity contribution is 9.10. The van der Waals surface area contributed by atoms with Gasteiger partial charge < -0.3 is 14.2 Å². The molecule has 3 fully saturated rings. The lowest BCUT2D eigenvalue weighted by Gasteiger charge is -2.59. The van der Waals surface area contributed by atoms with Crippen LogP contribution in [-0.4, -0.2) is 53.7 Å². The van der Waals surface area contributed by atoms with Gasteiger partial charge in [0.2, 0.25) is 23.6 Å². The van der Waals surface area contributed by atoms with Gasteiger partial charge in [-0.1, -0.05) is 47.1 Å². The number of anilines is 2. The number of para-hydroxylation sites is 4. The number of esters is 1. The third-order valence-corrected chi connectivity index (χ3v) is 11.2. The van der Waals surface area contributed by atoms with Crippen molar-refractivity contribution in [1.29, 1.82) is 0 Å². The molecule has 0 N–H and O–H groups in total. The van der Waals surface area contributed by atoms with Crippen molar-refractivity contribution in [3.63, 3.8) is 0 Å². The van der Waals surface area contributed by atoms with Gasteiger partial charge in [0, 0.05) is 11.0 Å². The van der Waals surface area contributed by atoms with Crippen LogP contribution in [0.3, 0.4) is 0 Å². The number of amides is 4. The molecular weight excluding hydrogens is 632 g/mol. The molecule has 4 amide bonds. The average Bonchev–Trinajstić information content (AvgIpc) is 3.43. The van der Waals surface area contributed by atoms with Crippen LogP contribution in [0.5, 0.6) is 11.5 Å². The zero-order valence-electron chi connectivity index (χ0n) is 25.1. The SMILES string of the molecule is CCOC(=O)C1=C(C)C2(Br)[C@@H]3C(=O)N(c4ccccc4OCC)C(=O)[C@H]3C1(C)[C@H]1C(=O)N(c3ccccc3OCC)C(=O)[C@H]12. The Labute approximate surface area is 263 Å². The maximum Gasteiger partial charge on any atom is 0.334 e. The first-order chi connectivity index (χ1) is 21.0. The lowest BCUT2D eigenvalue weighted by Crippen LogP contribution is -2.67. The summed E-state index contributed by atoms with van der Waals surface area (Å²) in [5.41, 5.74) is -0.471. The average molecular weight is 666 g/mol. The highest BCUT2D eigenvalue weighted by atomic mass is 79.9. The van der Waals surface area contributed by atoms with Crippen LogP contribution in [0, 0.1) is 29.1 Å². The van der Waals surface area contributed by atoms with Gasteiger partial charge >= 0.3 is 5.97 Å². The van der Waals surface area contributed by atoms with Crippen molar-refractivity contribution in [3.8, 4) is 11.5 Å². The number of hydrogen-bond donors (Lipinski definition) is 0. The minimum Gasteiger partial charge on any atom is -0.492 e. The van der Waals surface area contributed by atoms with Gasteiger partial charge in [-0.2, -0.15) is 0 Å². The van der Waals surface area contributed by atoms with E-state index in [1.807, 2.05) is 0 Å². The Morgan fingerprint density at radius 3 is 1.55 bits per heavy atom. The summed E-state index contributed by atoms with van der Waals surface area (Å²) in [6.07, 6.45) is 0. The van der Waals surface area contributed by atoms with Crippen molar-refractivity contribution in [2.75, 3.05) is 29.6 Å². The topological polar surface area (TPSA) is 120 Å². The third kappa shape index (κ3) is 3.68. The molecule has 2 heterocycles. The molecule has 6 atom stereocenters. The van der Waals surface area contributed by atoms with Gasteiger partial charge in [-0.25, -0.2) is 14.6 Å². The summed E-state index contributed by atoms with van der Waals surface area (Å²) in [5, 5.41) is 0. The van der Waals surface area contributed by atoms with Crippen LogP contribution >= 0.6 is 15.9 Å². The molecule has 0 spiro atoms. The highest BCUT2D eigenvalue weighted by Crippen LogP contribution is 2.73.